The van der Waals surface area contributed by atoms with E-state index < -0.39 is 5.60 Å². The Bertz CT molecular complexity index is 962. The van der Waals surface area contributed by atoms with Crippen molar-refractivity contribution in [3.8, 4) is 11.1 Å². The molecule has 1 N–H and O–H groups in total. The van der Waals surface area contributed by atoms with Gasteiger partial charge in [-0.3, -0.25) is 4.68 Å². The molecule has 2 aliphatic rings. The monoisotopic (exact) mass is 436 g/mol. The van der Waals surface area contributed by atoms with Crippen LogP contribution in [-0.4, -0.2) is 51.5 Å². The third-order valence-corrected chi connectivity index (χ3v) is 6.31. The Morgan fingerprint density at radius 2 is 1.84 bits per heavy atom. The summed E-state index contributed by atoms with van der Waals surface area (Å²) in [6, 6.07) is 9.73. The first-order valence-electron chi connectivity index (χ1n) is 11.7. The van der Waals surface area contributed by atoms with Crippen LogP contribution in [0.15, 0.2) is 42.2 Å². The Labute approximate surface area is 191 Å². The number of likely N-dealkylation sites (tertiary alicyclic amines) is 1. The average molecular weight is 437 g/mol. The van der Waals surface area contributed by atoms with Gasteiger partial charge in [-0.05, 0) is 64.0 Å². The van der Waals surface area contributed by atoms with E-state index in [9.17, 15) is 4.79 Å². The largest absolute Gasteiger partial charge is 0.444 e. The number of nitrogens with zero attached hydrogens (tertiary/aromatic N) is 3. The molecular weight excluding hydrogens is 400 g/mol. The molecule has 1 aliphatic carbocycles. The van der Waals surface area contributed by atoms with E-state index in [0.717, 1.165) is 31.5 Å². The third kappa shape index (κ3) is 5.80. The second kappa shape index (κ2) is 9.10. The van der Waals surface area contributed by atoms with E-state index in [1.54, 1.807) is 0 Å². The number of piperidine rings is 1. The lowest BCUT2D eigenvalue weighted by molar-refractivity contribution is 0.0198. The smallest absolute Gasteiger partial charge is 0.410 e. The average Bonchev–Trinajstić information content (AvgIpc) is 3.37. The number of carbonyl (C=O) groups is 1. The number of aryl methyl sites for hydroxylation is 1. The van der Waals surface area contributed by atoms with E-state index in [2.05, 4.69) is 47.7 Å². The summed E-state index contributed by atoms with van der Waals surface area (Å²) in [6.07, 6.45) is 9.23. The summed E-state index contributed by atoms with van der Waals surface area (Å²) in [6.45, 7) is 9.52. The molecule has 32 heavy (non-hydrogen) atoms. The van der Waals surface area contributed by atoms with Gasteiger partial charge in [0.2, 0.25) is 0 Å². The van der Waals surface area contributed by atoms with Gasteiger partial charge in [0, 0.05) is 44.0 Å². The predicted molar refractivity (Wildman–Crippen MR) is 128 cm³/mol. The van der Waals surface area contributed by atoms with Crippen molar-refractivity contribution >= 4 is 12.2 Å². The Kier molecular flexibility index (Phi) is 6.42. The van der Waals surface area contributed by atoms with Gasteiger partial charge >= 0.3 is 6.09 Å². The molecule has 0 spiro atoms. The van der Waals surface area contributed by atoms with E-state index in [4.69, 9.17) is 4.74 Å². The fraction of sp³-hybridized carbons (Fsp3) is 0.538. The summed E-state index contributed by atoms with van der Waals surface area (Å²) in [5, 5.41) is 8.07. The molecule has 1 unspecified atom stereocenters. The number of carbonyl (C=O) groups excluding carboxylic acids is 1. The zero-order chi connectivity index (χ0) is 22.9. The molecule has 1 amide bonds. The first-order valence-corrected chi connectivity index (χ1v) is 11.7. The molecular formula is C26H36N4O2. The first-order chi connectivity index (χ1) is 15.2. The van der Waals surface area contributed by atoms with Crippen molar-refractivity contribution in [1.82, 2.24) is 20.0 Å². The summed E-state index contributed by atoms with van der Waals surface area (Å²) in [4.78, 5) is 14.1. The van der Waals surface area contributed by atoms with Crippen LogP contribution in [0, 0.1) is 5.92 Å². The zero-order valence-electron chi connectivity index (χ0n) is 20.0. The number of rotatable bonds is 5. The number of benzene rings is 1. The lowest BCUT2D eigenvalue weighted by Crippen LogP contribution is -2.47. The van der Waals surface area contributed by atoms with Crippen molar-refractivity contribution < 1.29 is 9.53 Å². The minimum Gasteiger partial charge on any atom is -0.444 e. The predicted octanol–water partition coefficient (Wildman–Crippen LogP) is 4.87. The maximum absolute atomic E-state index is 12.2. The van der Waals surface area contributed by atoms with Gasteiger partial charge in [0.15, 0.2) is 0 Å². The van der Waals surface area contributed by atoms with Crippen LogP contribution in [0.5, 0.6) is 0 Å². The highest BCUT2D eigenvalue weighted by Crippen LogP contribution is 2.39. The van der Waals surface area contributed by atoms with E-state index in [0.29, 0.717) is 18.0 Å². The zero-order valence-corrected chi connectivity index (χ0v) is 20.0. The fourth-order valence-electron chi connectivity index (χ4n) is 4.45. The van der Waals surface area contributed by atoms with E-state index in [1.807, 2.05) is 49.8 Å². The lowest BCUT2D eigenvalue weighted by atomic mass is 10.0. The SMILES string of the molecule is CC(=Cc1ccc(-c2cnn(C)c2)cc1)C1C[C@@H]1NC1CCN(C(=O)OC(C)(C)C)CC1. The van der Waals surface area contributed by atoms with E-state index in [1.165, 1.54) is 23.1 Å². The number of hydrogen-bond donors (Lipinski definition) is 1. The van der Waals surface area contributed by atoms with Crippen molar-refractivity contribution in [1.29, 1.82) is 0 Å². The Morgan fingerprint density at radius 3 is 2.44 bits per heavy atom. The number of hydrogen-bond acceptors (Lipinski definition) is 4. The van der Waals surface area contributed by atoms with Crippen LogP contribution in [0.25, 0.3) is 17.2 Å². The molecule has 1 saturated heterocycles. The minimum atomic E-state index is -0.434. The molecule has 6 nitrogen and oxygen atoms in total. The van der Waals surface area contributed by atoms with Crippen molar-refractivity contribution in [3.05, 3.63) is 47.8 Å². The van der Waals surface area contributed by atoms with E-state index >= 15 is 0 Å². The van der Waals surface area contributed by atoms with Crippen LogP contribution >= 0.6 is 0 Å². The topological polar surface area (TPSA) is 59.4 Å². The van der Waals surface area contributed by atoms with Gasteiger partial charge in [-0.1, -0.05) is 35.9 Å². The molecule has 1 aromatic heterocycles. The van der Waals surface area contributed by atoms with Gasteiger partial charge in [0.25, 0.3) is 0 Å². The van der Waals surface area contributed by atoms with Crippen LogP contribution in [0.4, 0.5) is 4.79 Å². The van der Waals surface area contributed by atoms with Gasteiger partial charge in [0.1, 0.15) is 5.60 Å². The summed E-state index contributed by atoms with van der Waals surface area (Å²) in [5.41, 5.74) is 4.57. The highest BCUT2D eigenvalue weighted by atomic mass is 16.6. The molecule has 2 aromatic rings. The fourth-order valence-corrected chi connectivity index (χ4v) is 4.45. The second-order valence-electron chi connectivity index (χ2n) is 10.3. The number of aromatic nitrogens is 2. The van der Waals surface area contributed by atoms with Gasteiger partial charge in [-0.15, -0.1) is 0 Å². The Balaban J connectivity index is 1.24. The van der Waals surface area contributed by atoms with Crippen LogP contribution in [0.2, 0.25) is 0 Å². The minimum absolute atomic E-state index is 0.187. The standard InChI is InChI=1S/C26H36N4O2/c1-18(14-19-6-8-20(9-7-19)21-16-27-29(5)17-21)23-15-24(23)28-22-10-12-30(13-11-22)25(31)32-26(2,3)4/h6-9,14,16-17,22-24,28H,10-13,15H2,1-5H3/t23?,24-/m0/s1. The summed E-state index contributed by atoms with van der Waals surface area (Å²) >= 11 is 0. The van der Waals surface area contributed by atoms with Crippen molar-refractivity contribution in [2.75, 3.05) is 13.1 Å². The quantitative estimate of drug-likeness (QED) is 0.727. The molecule has 4 rings (SSSR count). The van der Waals surface area contributed by atoms with Gasteiger partial charge in [0.05, 0.1) is 6.20 Å². The molecule has 1 aromatic carbocycles. The van der Waals surface area contributed by atoms with Crippen molar-refractivity contribution in [3.63, 3.8) is 0 Å². The Morgan fingerprint density at radius 1 is 1.16 bits per heavy atom. The van der Waals surface area contributed by atoms with Gasteiger partial charge < -0.3 is 15.0 Å². The molecule has 2 atom stereocenters. The second-order valence-corrected chi connectivity index (χ2v) is 10.3. The molecule has 6 heteroatoms. The number of nitrogens with one attached hydrogen (secondary N) is 1. The molecule has 0 bridgehead atoms. The Hall–Kier alpha value is -2.60. The molecule has 2 heterocycles. The van der Waals surface area contributed by atoms with Crippen molar-refractivity contribution in [2.45, 2.75) is 64.6 Å². The normalized spacial score (nSPS) is 22.2. The van der Waals surface area contributed by atoms with Crippen LogP contribution in [0.1, 0.15) is 52.5 Å². The maximum Gasteiger partial charge on any atom is 0.410 e. The highest BCUT2D eigenvalue weighted by molar-refractivity contribution is 5.68. The summed E-state index contributed by atoms with van der Waals surface area (Å²) in [5.74, 6) is 0.608. The van der Waals surface area contributed by atoms with Crippen molar-refractivity contribution in [2.24, 2.45) is 13.0 Å². The molecule has 1 saturated carbocycles. The highest BCUT2D eigenvalue weighted by Gasteiger charge is 2.40. The lowest BCUT2D eigenvalue weighted by Gasteiger charge is -2.34. The number of ether oxygens (including phenoxy) is 1. The molecule has 2 fully saturated rings. The molecule has 1 aliphatic heterocycles. The summed E-state index contributed by atoms with van der Waals surface area (Å²) < 4.78 is 7.33. The van der Waals surface area contributed by atoms with Crippen LogP contribution in [-0.2, 0) is 11.8 Å². The third-order valence-electron chi connectivity index (χ3n) is 6.31. The number of amides is 1. The van der Waals surface area contributed by atoms with Crippen LogP contribution < -0.4 is 5.32 Å². The van der Waals surface area contributed by atoms with Crippen LogP contribution in [0.3, 0.4) is 0 Å². The van der Waals surface area contributed by atoms with Gasteiger partial charge in [-0.25, -0.2) is 4.79 Å². The van der Waals surface area contributed by atoms with E-state index in [-0.39, 0.29) is 6.09 Å². The molecule has 0 radical (unpaired) electrons. The maximum atomic E-state index is 12.2. The first kappa shape index (κ1) is 22.6. The molecule has 172 valence electrons. The van der Waals surface area contributed by atoms with Gasteiger partial charge in [-0.2, -0.15) is 5.10 Å². The summed E-state index contributed by atoms with van der Waals surface area (Å²) in [7, 11) is 1.94.